The maximum absolute atomic E-state index is 13.0. The van der Waals surface area contributed by atoms with Gasteiger partial charge in [0.2, 0.25) is 0 Å². The summed E-state index contributed by atoms with van der Waals surface area (Å²) in [6.07, 6.45) is 1.76. The van der Waals surface area contributed by atoms with Crippen molar-refractivity contribution in [3.63, 3.8) is 0 Å². The van der Waals surface area contributed by atoms with E-state index in [2.05, 4.69) is 11.4 Å². The molecule has 140 valence electrons. The van der Waals surface area contributed by atoms with E-state index in [9.17, 15) is 9.59 Å². The highest BCUT2D eigenvalue weighted by molar-refractivity contribution is 6.31. The number of urea groups is 1. The lowest BCUT2D eigenvalue weighted by Gasteiger charge is -2.11. The molecule has 0 aliphatic carbocycles. The van der Waals surface area contributed by atoms with Crippen molar-refractivity contribution in [3.05, 3.63) is 95.1 Å². The molecule has 0 aromatic heterocycles. The summed E-state index contributed by atoms with van der Waals surface area (Å²) in [6.45, 7) is 0. The third-order valence-corrected chi connectivity index (χ3v) is 5.32. The van der Waals surface area contributed by atoms with Gasteiger partial charge in [-0.3, -0.25) is 4.79 Å². The molecule has 5 rings (SSSR count). The molecule has 0 bridgehead atoms. The number of rotatable bonds is 2. The first kappa shape index (κ1) is 17.5. The average molecular weight is 399 g/mol. The van der Waals surface area contributed by atoms with Gasteiger partial charge in [-0.05, 0) is 63.5 Å². The van der Waals surface area contributed by atoms with Crippen LogP contribution < -0.4 is 10.2 Å². The van der Waals surface area contributed by atoms with Gasteiger partial charge < -0.3 is 5.32 Å². The van der Waals surface area contributed by atoms with Crippen LogP contribution in [-0.4, -0.2) is 11.9 Å². The molecule has 4 aromatic carbocycles. The zero-order valence-electron chi connectivity index (χ0n) is 15.2. The summed E-state index contributed by atoms with van der Waals surface area (Å²) in [5, 5.41) is 7.44. The van der Waals surface area contributed by atoms with Gasteiger partial charge in [-0.25, -0.2) is 9.69 Å². The molecule has 29 heavy (non-hydrogen) atoms. The van der Waals surface area contributed by atoms with Crippen molar-refractivity contribution in [2.45, 2.75) is 0 Å². The topological polar surface area (TPSA) is 49.4 Å². The van der Waals surface area contributed by atoms with Gasteiger partial charge in [-0.2, -0.15) is 0 Å². The Labute approximate surface area is 172 Å². The Morgan fingerprint density at radius 1 is 0.793 bits per heavy atom. The molecule has 4 aromatic rings. The molecule has 1 N–H and O–H groups in total. The summed E-state index contributed by atoms with van der Waals surface area (Å²) in [5.41, 5.74) is 1.62. The third kappa shape index (κ3) is 2.94. The zero-order chi connectivity index (χ0) is 20.0. The van der Waals surface area contributed by atoms with Crippen LogP contribution in [0.2, 0.25) is 5.02 Å². The number of hydrogen-bond acceptors (Lipinski definition) is 2. The van der Waals surface area contributed by atoms with Crippen LogP contribution in [0.25, 0.3) is 27.6 Å². The average Bonchev–Trinajstić information content (AvgIpc) is 3.01. The van der Waals surface area contributed by atoms with Crippen LogP contribution in [0.4, 0.5) is 10.5 Å². The maximum atomic E-state index is 13.0. The van der Waals surface area contributed by atoms with Crippen LogP contribution in [-0.2, 0) is 4.79 Å². The zero-order valence-corrected chi connectivity index (χ0v) is 16.0. The van der Waals surface area contributed by atoms with E-state index in [1.807, 2.05) is 48.5 Å². The molecule has 3 amide bonds. The number of amides is 3. The van der Waals surface area contributed by atoms with E-state index in [0.29, 0.717) is 10.7 Å². The lowest BCUT2D eigenvalue weighted by Crippen LogP contribution is -2.30. The van der Waals surface area contributed by atoms with Crippen LogP contribution in [0.15, 0.2) is 84.6 Å². The van der Waals surface area contributed by atoms with Gasteiger partial charge in [0, 0.05) is 5.02 Å². The number of imide groups is 1. The van der Waals surface area contributed by atoms with E-state index in [-0.39, 0.29) is 5.70 Å². The van der Waals surface area contributed by atoms with Gasteiger partial charge >= 0.3 is 6.03 Å². The standard InChI is InChI=1S/C24H15ClN2O2/c25-17-9-11-18(12-10-17)27-23(28)22(26-24(27)29)14-21-19-7-3-1-5-15(19)13-16-6-2-4-8-20(16)21/h1-14H,(H,26,29)/b22-14+. The number of carbonyl (C=O) groups is 2. The number of fused-ring (bicyclic) bond motifs is 2. The van der Waals surface area contributed by atoms with E-state index >= 15 is 0 Å². The molecule has 0 atom stereocenters. The fourth-order valence-corrected chi connectivity index (χ4v) is 3.83. The highest BCUT2D eigenvalue weighted by atomic mass is 35.5. The predicted molar refractivity (Wildman–Crippen MR) is 117 cm³/mol. The predicted octanol–water partition coefficient (Wildman–Crippen LogP) is 5.74. The Bertz CT molecular complexity index is 1270. The highest BCUT2D eigenvalue weighted by Crippen LogP contribution is 2.31. The molecule has 0 unspecified atom stereocenters. The second-order valence-corrected chi connectivity index (χ2v) is 7.27. The Kier molecular flexibility index (Phi) is 4.07. The Balaban J connectivity index is 1.67. The molecule has 0 spiro atoms. The first-order valence-corrected chi connectivity index (χ1v) is 9.53. The lowest BCUT2D eigenvalue weighted by atomic mass is 9.96. The normalized spacial score (nSPS) is 15.5. The minimum atomic E-state index is -0.479. The van der Waals surface area contributed by atoms with E-state index in [0.717, 1.165) is 32.0 Å². The Hall–Kier alpha value is -3.63. The molecule has 1 aliphatic heterocycles. The molecule has 1 aliphatic rings. The summed E-state index contributed by atoms with van der Waals surface area (Å²) in [7, 11) is 0. The largest absolute Gasteiger partial charge is 0.333 e. The first-order chi connectivity index (χ1) is 14.1. The lowest BCUT2D eigenvalue weighted by molar-refractivity contribution is -0.113. The van der Waals surface area contributed by atoms with Gasteiger partial charge in [0.15, 0.2) is 0 Å². The van der Waals surface area contributed by atoms with Crippen LogP contribution in [0.3, 0.4) is 0 Å². The molecule has 0 radical (unpaired) electrons. The molecule has 1 fully saturated rings. The molecule has 5 heteroatoms. The van der Waals surface area contributed by atoms with Crippen molar-refractivity contribution < 1.29 is 9.59 Å². The molecular weight excluding hydrogens is 384 g/mol. The number of nitrogens with zero attached hydrogens (tertiary/aromatic N) is 1. The van der Waals surface area contributed by atoms with Gasteiger partial charge in [0.25, 0.3) is 5.91 Å². The smallest absolute Gasteiger partial charge is 0.302 e. The fourth-order valence-electron chi connectivity index (χ4n) is 3.71. The number of nitrogens with one attached hydrogen (secondary N) is 1. The quantitative estimate of drug-likeness (QED) is 0.266. The summed E-state index contributed by atoms with van der Waals surface area (Å²) >= 11 is 5.92. The van der Waals surface area contributed by atoms with Crippen LogP contribution >= 0.6 is 11.6 Å². The third-order valence-electron chi connectivity index (χ3n) is 5.06. The summed E-state index contributed by atoms with van der Waals surface area (Å²) in [5.74, 6) is -0.394. The van der Waals surface area contributed by atoms with Crippen molar-refractivity contribution in [1.29, 1.82) is 0 Å². The number of carbonyl (C=O) groups excluding carboxylic acids is 2. The van der Waals surface area contributed by atoms with Gasteiger partial charge in [0.1, 0.15) is 5.70 Å². The summed E-state index contributed by atoms with van der Waals surface area (Å²) < 4.78 is 0. The monoisotopic (exact) mass is 398 g/mol. The molecule has 0 saturated carbocycles. The number of benzene rings is 4. The van der Waals surface area contributed by atoms with Crippen molar-refractivity contribution in [2.24, 2.45) is 0 Å². The molecule has 4 nitrogen and oxygen atoms in total. The Morgan fingerprint density at radius 3 is 2.00 bits per heavy atom. The van der Waals surface area contributed by atoms with Crippen molar-refractivity contribution in [3.8, 4) is 0 Å². The van der Waals surface area contributed by atoms with Crippen LogP contribution in [0.5, 0.6) is 0 Å². The van der Waals surface area contributed by atoms with Gasteiger partial charge in [0.05, 0.1) is 5.69 Å². The summed E-state index contributed by atoms with van der Waals surface area (Å²) in [4.78, 5) is 26.7. The second kappa shape index (κ2) is 6.76. The summed E-state index contributed by atoms with van der Waals surface area (Å²) in [6, 6.07) is 24.3. The minimum absolute atomic E-state index is 0.242. The van der Waals surface area contributed by atoms with E-state index < -0.39 is 11.9 Å². The SMILES string of the molecule is O=C1N/C(=C/c2c3ccccc3cc3ccccc23)C(=O)N1c1ccc(Cl)cc1. The van der Waals surface area contributed by atoms with Crippen LogP contribution in [0.1, 0.15) is 5.56 Å². The number of hydrogen-bond donors (Lipinski definition) is 1. The molecular formula is C24H15ClN2O2. The fraction of sp³-hybridized carbons (Fsp3) is 0. The van der Waals surface area contributed by atoms with Gasteiger partial charge in [-0.1, -0.05) is 60.1 Å². The maximum Gasteiger partial charge on any atom is 0.333 e. The Morgan fingerprint density at radius 2 is 1.38 bits per heavy atom. The second-order valence-electron chi connectivity index (χ2n) is 6.84. The van der Waals surface area contributed by atoms with Crippen molar-refractivity contribution in [2.75, 3.05) is 4.90 Å². The van der Waals surface area contributed by atoms with E-state index in [1.165, 1.54) is 0 Å². The minimum Gasteiger partial charge on any atom is -0.302 e. The first-order valence-electron chi connectivity index (χ1n) is 9.15. The van der Waals surface area contributed by atoms with E-state index in [1.54, 1.807) is 30.3 Å². The van der Waals surface area contributed by atoms with Gasteiger partial charge in [-0.15, -0.1) is 0 Å². The van der Waals surface area contributed by atoms with Crippen molar-refractivity contribution >= 4 is 56.8 Å². The molecule has 1 saturated heterocycles. The number of halogens is 1. The van der Waals surface area contributed by atoms with E-state index in [4.69, 9.17) is 11.6 Å². The highest BCUT2D eigenvalue weighted by Gasteiger charge is 2.35. The van der Waals surface area contributed by atoms with Crippen molar-refractivity contribution in [1.82, 2.24) is 5.32 Å². The molecule has 1 heterocycles. The van der Waals surface area contributed by atoms with Crippen LogP contribution in [0, 0.1) is 0 Å². The number of anilines is 1.